The summed E-state index contributed by atoms with van der Waals surface area (Å²) in [6.45, 7) is 2.90. The predicted octanol–water partition coefficient (Wildman–Crippen LogP) is 0.447. The van der Waals surface area contributed by atoms with E-state index in [2.05, 4.69) is 10.6 Å². The normalized spacial score (nSPS) is 14.6. The maximum absolute atomic E-state index is 12.0. The molecule has 0 aliphatic carbocycles. The fraction of sp³-hybridized carbons (Fsp3) is 0.462. The van der Waals surface area contributed by atoms with Crippen LogP contribution in [0.25, 0.3) is 0 Å². The Kier molecular flexibility index (Phi) is 4.94. The second-order valence-electron chi connectivity index (χ2n) is 4.62. The summed E-state index contributed by atoms with van der Waals surface area (Å²) in [6, 6.07) is 4.49. The predicted molar refractivity (Wildman–Crippen MR) is 77.6 cm³/mol. The highest BCUT2D eigenvalue weighted by Crippen LogP contribution is 2.28. The van der Waals surface area contributed by atoms with Crippen LogP contribution in [0.4, 0.5) is 11.4 Å². The average Bonchev–Trinajstić information content (AvgIpc) is 2.53. The first kappa shape index (κ1) is 15.0. The van der Waals surface area contributed by atoms with Crippen LogP contribution in [0, 0.1) is 10.1 Å². The van der Waals surface area contributed by atoms with Gasteiger partial charge in [-0.05, 0) is 12.1 Å². The van der Waals surface area contributed by atoms with E-state index in [4.69, 9.17) is 4.74 Å². The summed E-state index contributed by atoms with van der Waals surface area (Å²) in [5.41, 5.74) is 0.201. The van der Waals surface area contributed by atoms with Crippen molar-refractivity contribution in [1.82, 2.24) is 10.2 Å². The highest BCUT2D eigenvalue weighted by molar-refractivity contribution is 5.82. The number of amides is 1. The lowest BCUT2D eigenvalue weighted by atomic mass is 10.2. The smallest absolute Gasteiger partial charge is 0.296 e. The van der Waals surface area contributed by atoms with Gasteiger partial charge in [0.05, 0.1) is 24.6 Å². The number of hydrogen-bond acceptors (Lipinski definition) is 6. The minimum atomic E-state index is -0.500. The van der Waals surface area contributed by atoms with E-state index in [1.54, 1.807) is 17.0 Å². The van der Waals surface area contributed by atoms with Gasteiger partial charge in [-0.25, -0.2) is 0 Å². The largest absolute Gasteiger partial charge is 0.496 e. The minimum Gasteiger partial charge on any atom is -0.496 e. The summed E-state index contributed by atoms with van der Waals surface area (Å²) in [5.74, 6) is 0.335. The number of rotatable bonds is 5. The van der Waals surface area contributed by atoms with Gasteiger partial charge in [0.1, 0.15) is 11.4 Å². The van der Waals surface area contributed by atoms with Gasteiger partial charge < -0.3 is 20.3 Å². The van der Waals surface area contributed by atoms with E-state index in [0.717, 1.165) is 13.1 Å². The highest BCUT2D eigenvalue weighted by atomic mass is 16.6. The fourth-order valence-electron chi connectivity index (χ4n) is 2.14. The summed E-state index contributed by atoms with van der Waals surface area (Å²) < 4.78 is 4.97. The highest BCUT2D eigenvalue weighted by Gasteiger charge is 2.19. The number of anilines is 1. The summed E-state index contributed by atoms with van der Waals surface area (Å²) in [6.07, 6.45) is 0. The third-order valence-electron chi connectivity index (χ3n) is 3.30. The first-order valence-corrected chi connectivity index (χ1v) is 6.66. The van der Waals surface area contributed by atoms with Crippen molar-refractivity contribution in [3.8, 4) is 5.75 Å². The lowest BCUT2D eigenvalue weighted by Gasteiger charge is -2.27. The van der Waals surface area contributed by atoms with E-state index < -0.39 is 4.92 Å². The molecule has 1 heterocycles. The monoisotopic (exact) mass is 294 g/mol. The molecule has 1 aromatic carbocycles. The van der Waals surface area contributed by atoms with Crippen molar-refractivity contribution in [2.24, 2.45) is 0 Å². The molecule has 1 aliphatic rings. The zero-order valence-electron chi connectivity index (χ0n) is 11.8. The molecule has 0 spiro atoms. The molecule has 0 saturated carbocycles. The van der Waals surface area contributed by atoms with Crippen LogP contribution >= 0.6 is 0 Å². The van der Waals surface area contributed by atoms with Gasteiger partial charge in [0.2, 0.25) is 5.91 Å². The molecule has 0 aromatic heterocycles. The van der Waals surface area contributed by atoms with Crippen molar-refractivity contribution in [1.29, 1.82) is 0 Å². The van der Waals surface area contributed by atoms with Gasteiger partial charge >= 0.3 is 0 Å². The van der Waals surface area contributed by atoms with Crippen LogP contribution in [0.5, 0.6) is 5.75 Å². The molecule has 8 heteroatoms. The summed E-state index contributed by atoms with van der Waals surface area (Å²) >= 11 is 0. The molecule has 0 bridgehead atoms. The summed E-state index contributed by atoms with van der Waals surface area (Å²) in [4.78, 5) is 24.3. The number of nitro benzene ring substituents is 1. The maximum atomic E-state index is 12.0. The Morgan fingerprint density at radius 3 is 2.81 bits per heavy atom. The Hall–Kier alpha value is -2.35. The molecular weight excluding hydrogens is 276 g/mol. The van der Waals surface area contributed by atoms with Crippen molar-refractivity contribution < 1.29 is 14.5 Å². The summed E-state index contributed by atoms with van der Waals surface area (Å²) in [5, 5.41) is 17.0. The van der Waals surface area contributed by atoms with Gasteiger partial charge in [0.25, 0.3) is 5.69 Å². The molecule has 114 valence electrons. The Balaban J connectivity index is 2.02. The van der Waals surface area contributed by atoms with Crippen LogP contribution in [0.1, 0.15) is 0 Å². The van der Waals surface area contributed by atoms with Gasteiger partial charge in [-0.15, -0.1) is 0 Å². The van der Waals surface area contributed by atoms with Crippen LogP contribution in [-0.2, 0) is 4.79 Å². The SMILES string of the molecule is COc1ccc(NCC(=O)N2CCNCC2)c([N+](=O)[O-])c1. The van der Waals surface area contributed by atoms with E-state index in [0.29, 0.717) is 24.5 Å². The van der Waals surface area contributed by atoms with Crippen molar-refractivity contribution >= 4 is 17.3 Å². The number of ether oxygens (including phenoxy) is 1. The van der Waals surface area contributed by atoms with Gasteiger partial charge in [-0.2, -0.15) is 0 Å². The first-order valence-electron chi connectivity index (χ1n) is 6.66. The molecule has 1 saturated heterocycles. The quantitative estimate of drug-likeness (QED) is 0.604. The molecule has 2 N–H and O–H groups in total. The molecule has 2 rings (SSSR count). The van der Waals surface area contributed by atoms with E-state index in [9.17, 15) is 14.9 Å². The van der Waals surface area contributed by atoms with E-state index >= 15 is 0 Å². The number of methoxy groups -OCH3 is 1. The van der Waals surface area contributed by atoms with Crippen molar-refractivity contribution in [2.75, 3.05) is 45.2 Å². The average molecular weight is 294 g/mol. The standard InChI is InChI=1S/C13H18N4O4/c1-21-10-2-3-11(12(8-10)17(19)20)15-9-13(18)16-6-4-14-5-7-16/h2-3,8,14-15H,4-7,9H2,1H3. The molecule has 0 atom stereocenters. The molecular formula is C13H18N4O4. The lowest BCUT2D eigenvalue weighted by Crippen LogP contribution is -2.48. The van der Waals surface area contributed by atoms with Crippen molar-refractivity contribution in [3.05, 3.63) is 28.3 Å². The number of carbonyl (C=O) groups excluding carboxylic acids is 1. The molecule has 1 aromatic rings. The molecule has 21 heavy (non-hydrogen) atoms. The lowest BCUT2D eigenvalue weighted by molar-refractivity contribution is -0.384. The van der Waals surface area contributed by atoms with Crippen LogP contribution in [0.2, 0.25) is 0 Å². The Morgan fingerprint density at radius 1 is 1.48 bits per heavy atom. The molecule has 8 nitrogen and oxygen atoms in total. The Labute approximate surface area is 122 Å². The third kappa shape index (κ3) is 3.82. The van der Waals surface area contributed by atoms with Crippen molar-refractivity contribution in [2.45, 2.75) is 0 Å². The fourth-order valence-corrected chi connectivity index (χ4v) is 2.14. The van der Waals surface area contributed by atoms with E-state index in [1.807, 2.05) is 0 Å². The molecule has 0 radical (unpaired) electrons. The first-order chi connectivity index (χ1) is 10.1. The third-order valence-corrected chi connectivity index (χ3v) is 3.30. The molecule has 1 fully saturated rings. The van der Waals surface area contributed by atoms with E-state index in [1.165, 1.54) is 13.2 Å². The van der Waals surface area contributed by atoms with Crippen LogP contribution in [0.15, 0.2) is 18.2 Å². The topological polar surface area (TPSA) is 96.7 Å². The van der Waals surface area contributed by atoms with E-state index in [-0.39, 0.29) is 18.1 Å². The second kappa shape index (κ2) is 6.89. The number of piperazine rings is 1. The Morgan fingerprint density at radius 2 is 2.19 bits per heavy atom. The Bertz CT molecular complexity index is 529. The number of benzene rings is 1. The number of nitro groups is 1. The van der Waals surface area contributed by atoms with Gasteiger partial charge in [-0.1, -0.05) is 0 Å². The van der Waals surface area contributed by atoms with Crippen LogP contribution in [-0.4, -0.2) is 55.6 Å². The van der Waals surface area contributed by atoms with Crippen LogP contribution in [0.3, 0.4) is 0 Å². The van der Waals surface area contributed by atoms with Crippen LogP contribution < -0.4 is 15.4 Å². The second-order valence-corrected chi connectivity index (χ2v) is 4.62. The molecule has 1 aliphatic heterocycles. The number of carbonyl (C=O) groups is 1. The molecule has 1 amide bonds. The van der Waals surface area contributed by atoms with Gasteiger partial charge in [-0.3, -0.25) is 14.9 Å². The zero-order chi connectivity index (χ0) is 15.2. The zero-order valence-corrected chi connectivity index (χ0v) is 11.8. The number of nitrogens with one attached hydrogen (secondary N) is 2. The minimum absolute atomic E-state index is 0.0349. The molecule has 0 unspecified atom stereocenters. The van der Waals surface area contributed by atoms with Gasteiger partial charge in [0, 0.05) is 26.2 Å². The summed E-state index contributed by atoms with van der Waals surface area (Å²) in [7, 11) is 1.44. The number of nitrogens with zero attached hydrogens (tertiary/aromatic N) is 2. The number of hydrogen-bond donors (Lipinski definition) is 2. The van der Waals surface area contributed by atoms with Gasteiger partial charge in [0.15, 0.2) is 0 Å². The van der Waals surface area contributed by atoms with Crippen molar-refractivity contribution in [3.63, 3.8) is 0 Å². The maximum Gasteiger partial charge on any atom is 0.296 e.